The second kappa shape index (κ2) is 8.53. The molecule has 0 aromatic carbocycles. The highest BCUT2D eigenvalue weighted by molar-refractivity contribution is 5.86. The van der Waals surface area contributed by atoms with Crippen molar-refractivity contribution in [3.63, 3.8) is 0 Å². The third-order valence-electron chi connectivity index (χ3n) is 9.83. The number of ether oxygens (including phenoxy) is 1. The van der Waals surface area contributed by atoms with Crippen LogP contribution in [0.3, 0.4) is 0 Å². The minimum absolute atomic E-state index is 0.143. The fourth-order valence-electron chi connectivity index (χ4n) is 8.41. The first-order valence-electron chi connectivity index (χ1n) is 12.6. The largest absolute Gasteiger partial charge is 0.449 e. The molecule has 5 heteroatoms. The molecule has 0 aromatic rings. The van der Waals surface area contributed by atoms with Gasteiger partial charge in [0, 0.05) is 11.6 Å². The van der Waals surface area contributed by atoms with Crippen LogP contribution in [0, 0.1) is 40.4 Å². The van der Waals surface area contributed by atoms with Gasteiger partial charge in [0.15, 0.2) is 0 Å². The third kappa shape index (κ3) is 3.75. The Morgan fingerprint density at radius 1 is 1.26 bits per heavy atom. The van der Waals surface area contributed by atoms with Gasteiger partial charge in [0.05, 0.1) is 12.7 Å². The summed E-state index contributed by atoms with van der Waals surface area (Å²) in [4.78, 5) is 11.8. The third-order valence-corrected chi connectivity index (χ3v) is 9.83. The highest BCUT2D eigenvalue weighted by Gasteiger charge is 2.61. The quantitative estimate of drug-likeness (QED) is 0.342. The van der Waals surface area contributed by atoms with Crippen molar-refractivity contribution in [2.75, 3.05) is 6.61 Å². The van der Waals surface area contributed by atoms with E-state index in [1.165, 1.54) is 31.3 Å². The van der Waals surface area contributed by atoms with E-state index < -0.39 is 6.09 Å². The van der Waals surface area contributed by atoms with Crippen LogP contribution in [-0.2, 0) is 4.74 Å². The van der Waals surface area contributed by atoms with Gasteiger partial charge in [0.25, 0.3) is 0 Å². The van der Waals surface area contributed by atoms with Crippen molar-refractivity contribution in [3.8, 4) is 0 Å². The number of aliphatic hydroxyl groups is 1. The summed E-state index contributed by atoms with van der Waals surface area (Å²) in [6.45, 7) is 11.6. The van der Waals surface area contributed by atoms with Crippen LogP contribution < -0.4 is 5.43 Å². The lowest BCUT2D eigenvalue weighted by molar-refractivity contribution is -0.0425. The van der Waals surface area contributed by atoms with Gasteiger partial charge >= 0.3 is 6.09 Å². The van der Waals surface area contributed by atoms with Crippen LogP contribution in [0.4, 0.5) is 4.79 Å². The fourth-order valence-corrected chi connectivity index (χ4v) is 8.41. The Morgan fingerprint density at radius 3 is 2.74 bits per heavy atom. The number of rotatable bonds is 4. The van der Waals surface area contributed by atoms with Crippen LogP contribution in [0.15, 0.2) is 16.8 Å². The lowest BCUT2D eigenvalue weighted by Crippen LogP contribution is -2.51. The van der Waals surface area contributed by atoms with Crippen LogP contribution in [0.1, 0.15) is 86.0 Å². The molecule has 1 amide bonds. The van der Waals surface area contributed by atoms with Gasteiger partial charge in [0.1, 0.15) is 0 Å². The molecular formula is C26H42N2O3. The number of carbonyl (C=O) groups excluding carboxylic acids is 1. The molecule has 3 unspecified atom stereocenters. The van der Waals surface area contributed by atoms with Crippen LogP contribution >= 0.6 is 0 Å². The normalized spacial score (nSPS) is 44.6. The Kier molecular flexibility index (Phi) is 6.28. The van der Waals surface area contributed by atoms with Crippen molar-refractivity contribution in [1.82, 2.24) is 5.43 Å². The first-order chi connectivity index (χ1) is 14.7. The summed E-state index contributed by atoms with van der Waals surface area (Å²) in [7, 11) is 0. The highest BCUT2D eigenvalue weighted by Crippen LogP contribution is 2.67. The number of hydrogen-bond donors (Lipinski definition) is 2. The first-order valence-corrected chi connectivity index (χ1v) is 12.6. The Balaban J connectivity index is 1.60. The molecule has 8 atom stereocenters. The molecule has 0 aromatic heterocycles. The van der Waals surface area contributed by atoms with E-state index in [1.54, 1.807) is 0 Å². The minimum Gasteiger partial charge on any atom is -0.449 e. The number of allylic oxidation sites excluding steroid dienone is 1. The molecule has 31 heavy (non-hydrogen) atoms. The van der Waals surface area contributed by atoms with Gasteiger partial charge < -0.3 is 9.84 Å². The molecule has 0 spiro atoms. The van der Waals surface area contributed by atoms with E-state index in [0.717, 1.165) is 43.2 Å². The highest BCUT2D eigenvalue weighted by atomic mass is 16.5. The SMILES string of the molecule is CCOC(=O)N/N=C(/C)[C@H]1[C@H](CC)CC2C3CC=C4C[C@@H](O)CC[C@]4(C)C3CC[C@@]21C. The topological polar surface area (TPSA) is 70.9 Å². The van der Waals surface area contributed by atoms with Crippen LogP contribution in [0.2, 0.25) is 0 Å². The zero-order chi connectivity index (χ0) is 22.4. The maximum absolute atomic E-state index is 11.8. The molecule has 4 rings (SSSR count). The van der Waals surface area contributed by atoms with Gasteiger partial charge in [-0.05, 0) is 93.3 Å². The molecular weight excluding hydrogens is 388 g/mol. The van der Waals surface area contributed by atoms with Gasteiger partial charge in [-0.1, -0.05) is 38.8 Å². The first kappa shape index (κ1) is 22.8. The Morgan fingerprint density at radius 2 is 2.03 bits per heavy atom. The van der Waals surface area contributed by atoms with E-state index in [1.807, 2.05) is 6.92 Å². The van der Waals surface area contributed by atoms with Crippen LogP contribution in [0.5, 0.6) is 0 Å². The predicted molar refractivity (Wildman–Crippen MR) is 124 cm³/mol. The number of hydrogen-bond acceptors (Lipinski definition) is 4. The molecule has 4 aliphatic rings. The molecule has 2 N–H and O–H groups in total. The van der Waals surface area contributed by atoms with E-state index in [0.29, 0.717) is 24.4 Å². The molecule has 4 aliphatic carbocycles. The Hall–Kier alpha value is -1.36. The molecule has 174 valence electrons. The predicted octanol–water partition coefficient (Wildman–Crippen LogP) is 5.68. The molecule has 0 bridgehead atoms. The molecule has 5 nitrogen and oxygen atoms in total. The molecule has 0 heterocycles. The number of amides is 1. The summed E-state index contributed by atoms with van der Waals surface area (Å²) in [5, 5.41) is 14.7. The fraction of sp³-hybridized carbons (Fsp3) is 0.846. The van der Waals surface area contributed by atoms with Gasteiger partial charge in [-0.25, -0.2) is 10.2 Å². The van der Waals surface area contributed by atoms with Crippen molar-refractivity contribution in [3.05, 3.63) is 11.6 Å². The average molecular weight is 431 g/mol. The summed E-state index contributed by atoms with van der Waals surface area (Å²) in [6.07, 6.45) is 11.0. The zero-order valence-electron chi connectivity index (χ0n) is 20.1. The van der Waals surface area contributed by atoms with E-state index in [4.69, 9.17) is 4.74 Å². The van der Waals surface area contributed by atoms with Gasteiger partial charge in [-0.2, -0.15) is 5.10 Å². The second-order valence-electron chi connectivity index (χ2n) is 11.2. The molecule has 0 saturated heterocycles. The Labute approximate surface area is 188 Å². The zero-order valence-corrected chi connectivity index (χ0v) is 20.1. The van der Waals surface area contributed by atoms with E-state index in [9.17, 15) is 9.90 Å². The molecule has 3 fully saturated rings. The number of aliphatic hydroxyl groups excluding tert-OH is 1. The molecule has 0 radical (unpaired) electrons. The smallest absolute Gasteiger partial charge is 0.427 e. The van der Waals surface area contributed by atoms with Gasteiger partial charge in [-0.15, -0.1) is 0 Å². The van der Waals surface area contributed by atoms with Crippen LogP contribution in [-0.4, -0.2) is 29.6 Å². The summed E-state index contributed by atoms with van der Waals surface area (Å²) in [5.41, 5.74) is 5.72. The second-order valence-corrected chi connectivity index (χ2v) is 11.2. The molecule has 0 aliphatic heterocycles. The summed E-state index contributed by atoms with van der Waals surface area (Å²) < 4.78 is 5.00. The van der Waals surface area contributed by atoms with E-state index in [-0.39, 0.29) is 16.9 Å². The lowest BCUT2D eigenvalue weighted by atomic mass is 9.47. The monoisotopic (exact) mass is 430 g/mol. The summed E-state index contributed by atoms with van der Waals surface area (Å²) >= 11 is 0. The lowest BCUT2D eigenvalue weighted by Gasteiger charge is -2.58. The number of hydrazone groups is 1. The number of carbonyl (C=O) groups is 1. The average Bonchev–Trinajstić information content (AvgIpc) is 3.05. The van der Waals surface area contributed by atoms with Crippen molar-refractivity contribution in [2.45, 2.75) is 92.1 Å². The number of nitrogens with one attached hydrogen (secondary N) is 1. The van der Waals surface area contributed by atoms with Crippen LogP contribution in [0.25, 0.3) is 0 Å². The Bertz CT molecular complexity index is 762. The maximum atomic E-state index is 11.8. The molecule has 3 saturated carbocycles. The van der Waals surface area contributed by atoms with Gasteiger partial charge in [0.2, 0.25) is 0 Å². The van der Waals surface area contributed by atoms with Gasteiger partial charge in [-0.3, -0.25) is 0 Å². The van der Waals surface area contributed by atoms with E-state index in [2.05, 4.69) is 44.3 Å². The summed E-state index contributed by atoms with van der Waals surface area (Å²) in [5.74, 6) is 3.21. The maximum Gasteiger partial charge on any atom is 0.427 e. The van der Waals surface area contributed by atoms with Crippen molar-refractivity contribution in [2.24, 2.45) is 45.5 Å². The summed E-state index contributed by atoms with van der Waals surface area (Å²) in [6, 6.07) is 0. The standard InChI is InChI=1S/C26H42N2O3/c1-6-17-14-22-20-9-8-18-15-19(29)10-12-25(18,4)21(20)11-13-26(22,5)23(17)16(3)27-28-24(30)31-7-2/h8,17,19-23,29H,6-7,9-15H2,1-5H3,(H,28,30)/b27-16-/t17-,19+,20?,21?,22?,23+,25+,26+/m1/s1. The van der Waals surface area contributed by atoms with E-state index >= 15 is 0 Å². The van der Waals surface area contributed by atoms with Crippen molar-refractivity contribution >= 4 is 11.8 Å². The van der Waals surface area contributed by atoms with Crippen molar-refractivity contribution < 1.29 is 14.6 Å². The number of nitrogens with zero attached hydrogens (tertiary/aromatic N) is 1. The van der Waals surface area contributed by atoms with Crippen molar-refractivity contribution in [1.29, 1.82) is 0 Å². The number of fused-ring (bicyclic) bond motifs is 5. The minimum atomic E-state index is -0.462.